The van der Waals surface area contributed by atoms with Gasteiger partial charge in [0.1, 0.15) is 24.4 Å². The van der Waals surface area contributed by atoms with Crippen molar-refractivity contribution in [3.8, 4) is 0 Å². The Morgan fingerprint density at radius 1 is 0.774 bits per heavy atom. The molecule has 1 saturated heterocycles. The Kier molecular flexibility index (Phi) is 18.6. The van der Waals surface area contributed by atoms with Crippen LogP contribution < -0.4 is 0 Å². The SMILES string of the molecule is CCCCCCCCC/C=C/CCCCCCCCCO[C@H]1[C@H](O)[C@@H](O)CO[C@@H]1CO. The first kappa shape index (κ1) is 28.6. The number of aliphatic hydroxyl groups excluding tert-OH is 3. The minimum Gasteiger partial charge on any atom is -0.394 e. The number of rotatable bonds is 20. The Hall–Kier alpha value is -0.460. The molecule has 3 N–H and O–H groups in total. The third-order valence-corrected chi connectivity index (χ3v) is 6.22. The lowest BCUT2D eigenvalue weighted by atomic mass is 10.0. The Morgan fingerprint density at radius 2 is 1.29 bits per heavy atom. The van der Waals surface area contributed by atoms with Gasteiger partial charge in [0.2, 0.25) is 0 Å². The zero-order valence-corrected chi connectivity index (χ0v) is 20.1. The first-order valence-electron chi connectivity index (χ1n) is 13.1. The van der Waals surface area contributed by atoms with E-state index in [2.05, 4.69) is 19.1 Å². The normalized spacial score (nSPS) is 24.3. The molecule has 5 nitrogen and oxygen atoms in total. The minimum atomic E-state index is -0.990. The molecule has 0 unspecified atom stereocenters. The Morgan fingerprint density at radius 3 is 1.84 bits per heavy atom. The minimum absolute atomic E-state index is 0.0429. The van der Waals surface area contributed by atoms with Crippen molar-refractivity contribution in [2.75, 3.05) is 19.8 Å². The molecule has 1 fully saturated rings. The van der Waals surface area contributed by atoms with E-state index < -0.39 is 24.4 Å². The molecule has 4 atom stereocenters. The molecule has 0 aromatic heterocycles. The number of unbranched alkanes of at least 4 members (excludes halogenated alkanes) is 14. The van der Waals surface area contributed by atoms with Crippen molar-refractivity contribution >= 4 is 0 Å². The van der Waals surface area contributed by atoms with E-state index in [0.29, 0.717) is 6.61 Å². The molecule has 31 heavy (non-hydrogen) atoms. The summed E-state index contributed by atoms with van der Waals surface area (Å²) in [5.74, 6) is 0. The maximum Gasteiger partial charge on any atom is 0.114 e. The average Bonchev–Trinajstić information content (AvgIpc) is 2.78. The summed E-state index contributed by atoms with van der Waals surface area (Å²) in [5.41, 5.74) is 0. The topological polar surface area (TPSA) is 79.2 Å². The van der Waals surface area contributed by atoms with Crippen molar-refractivity contribution in [1.82, 2.24) is 0 Å². The molecule has 0 radical (unpaired) electrons. The summed E-state index contributed by atoms with van der Waals surface area (Å²) in [6, 6.07) is 0. The molecule has 1 heterocycles. The predicted molar refractivity (Wildman–Crippen MR) is 127 cm³/mol. The molecule has 0 saturated carbocycles. The number of aliphatic hydroxyl groups is 3. The van der Waals surface area contributed by atoms with Crippen LogP contribution in [0.5, 0.6) is 0 Å². The standard InChI is InChI=1S/C26H50O5/c1-2-3-4-5-6-7-8-9-10-11-12-13-14-15-16-17-18-19-20-30-26-24(21-27)31-22-23(28)25(26)29/h10-11,23-29H,2-9,12-22H2,1H3/b11-10+/t23-,24+,25+,26+/m0/s1. The van der Waals surface area contributed by atoms with Gasteiger partial charge in [-0.1, -0.05) is 89.7 Å². The van der Waals surface area contributed by atoms with E-state index in [0.717, 1.165) is 12.8 Å². The number of ether oxygens (including phenoxy) is 2. The van der Waals surface area contributed by atoms with E-state index >= 15 is 0 Å². The van der Waals surface area contributed by atoms with Gasteiger partial charge in [0.15, 0.2) is 0 Å². The van der Waals surface area contributed by atoms with Crippen LogP contribution in [-0.2, 0) is 9.47 Å². The molecule has 0 aromatic carbocycles. The molecular weight excluding hydrogens is 392 g/mol. The van der Waals surface area contributed by atoms with Gasteiger partial charge in [-0.25, -0.2) is 0 Å². The van der Waals surface area contributed by atoms with E-state index in [4.69, 9.17) is 9.47 Å². The molecule has 1 aliphatic heterocycles. The molecule has 5 heteroatoms. The van der Waals surface area contributed by atoms with Crippen LogP contribution in [0.15, 0.2) is 12.2 Å². The Bertz CT molecular complexity index is 413. The highest BCUT2D eigenvalue weighted by Gasteiger charge is 2.39. The summed E-state index contributed by atoms with van der Waals surface area (Å²) in [6.07, 6.45) is 22.2. The second-order valence-corrected chi connectivity index (χ2v) is 9.09. The summed E-state index contributed by atoms with van der Waals surface area (Å²) in [6.45, 7) is 2.63. The lowest BCUT2D eigenvalue weighted by molar-refractivity contribution is -0.211. The van der Waals surface area contributed by atoms with Gasteiger partial charge in [0.05, 0.1) is 13.2 Å². The van der Waals surface area contributed by atoms with Crippen molar-refractivity contribution in [1.29, 1.82) is 0 Å². The first-order valence-corrected chi connectivity index (χ1v) is 13.1. The van der Waals surface area contributed by atoms with Crippen molar-refractivity contribution in [3.63, 3.8) is 0 Å². The van der Waals surface area contributed by atoms with Crippen LogP contribution in [0.3, 0.4) is 0 Å². The highest BCUT2D eigenvalue weighted by atomic mass is 16.6. The Balaban J connectivity index is 1.84. The van der Waals surface area contributed by atoms with E-state index in [1.807, 2.05) is 0 Å². The zero-order valence-electron chi connectivity index (χ0n) is 20.1. The Labute approximate surface area is 191 Å². The molecule has 184 valence electrons. The van der Waals surface area contributed by atoms with Gasteiger partial charge in [-0.05, 0) is 32.1 Å². The molecule has 0 aromatic rings. The fraction of sp³-hybridized carbons (Fsp3) is 0.923. The summed E-state index contributed by atoms with van der Waals surface area (Å²) < 4.78 is 11.0. The van der Waals surface area contributed by atoms with Crippen LogP contribution >= 0.6 is 0 Å². The first-order chi connectivity index (χ1) is 15.2. The molecule has 1 aliphatic rings. The van der Waals surface area contributed by atoms with E-state index in [-0.39, 0.29) is 13.2 Å². The van der Waals surface area contributed by atoms with Crippen LogP contribution in [-0.4, -0.2) is 59.6 Å². The third kappa shape index (κ3) is 14.3. The summed E-state index contributed by atoms with van der Waals surface area (Å²) in [7, 11) is 0. The molecule has 1 rings (SSSR count). The van der Waals surface area contributed by atoms with Gasteiger partial charge in [-0.2, -0.15) is 0 Å². The molecule has 0 amide bonds. The van der Waals surface area contributed by atoms with E-state index in [1.165, 1.54) is 89.9 Å². The van der Waals surface area contributed by atoms with Crippen LogP contribution in [0.25, 0.3) is 0 Å². The maximum absolute atomic E-state index is 10.0. The van der Waals surface area contributed by atoms with Crippen molar-refractivity contribution < 1.29 is 24.8 Å². The second-order valence-electron chi connectivity index (χ2n) is 9.09. The fourth-order valence-corrected chi connectivity index (χ4v) is 4.14. The van der Waals surface area contributed by atoms with Crippen LogP contribution in [0.1, 0.15) is 110 Å². The zero-order chi connectivity index (χ0) is 22.6. The second kappa shape index (κ2) is 20.2. The predicted octanol–water partition coefficient (Wildman–Crippen LogP) is 5.30. The summed E-state index contributed by atoms with van der Waals surface area (Å²) in [4.78, 5) is 0. The van der Waals surface area contributed by atoms with Crippen LogP contribution in [0.2, 0.25) is 0 Å². The van der Waals surface area contributed by atoms with Crippen molar-refractivity contribution in [2.45, 2.75) is 134 Å². The lowest BCUT2D eigenvalue weighted by Crippen LogP contribution is -2.55. The van der Waals surface area contributed by atoms with E-state index in [1.54, 1.807) is 0 Å². The van der Waals surface area contributed by atoms with Crippen molar-refractivity contribution in [3.05, 3.63) is 12.2 Å². The van der Waals surface area contributed by atoms with Gasteiger partial charge in [-0.3, -0.25) is 0 Å². The highest BCUT2D eigenvalue weighted by Crippen LogP contribution is 2.19. The number of hydrogen-bond acceptors (Lipinski definition) is 5. The lowest BCUT2D eigenvalue weighted by Gasteiger charge is -2.37. The summed E-state index contributed by atoms with van der Waals surface area (Å²) in [5, 5.41) is 29.0. The highest BCUT2D eigenvalue weighted by molar-refractivity contribution is 4.87. The summed E-state index contributed by atoms with van der Waals surface area (Å²) >= 11 is 0. The van der Waals surface area contributed by atoms with Gasteiger partial charge in [0, 0.05) is 6.61 Å². The maximum atomic E-state index is 10.0. The molecular formula is C26H50O5. The van der Waals surface area contributed by atoms with E-state index in [9.17, 15) is 15.3 Å². The molecule has 0 spiro atoms. The van der Waals surface area contributed by atoms with Crippen LogP contribution in [0, 0.1) is 0 Å². The molecule has 0 aliphatic carbocycles. The van der Waals surface area contributed by atoms with Gasteiger partial charge >= 0.3 is 0 Å². The van der Waals surface area contributed by atoms with Gasteiger partial charge in [-0.15, -0.1) is 0 Å². The number of allylic oxidation sites excluding steroid dienone is 2. The van der Waals surface area contributed by atoms with Crippen LogP contribution in [0.4, 0.5) is 0 Å². The molecule has 0 bridgehead atoms. The fourth-order valence-electron chi connectivity index (χ4n) is 4.14. The largest absolute Gasteiger partial charge is 0.394 e. The monoisotopic (exact) mass is 442 g/mol. The van der Waals surface area contributed by atoms with Gasteiger partial charge in [0.25, 0.3) is 0 Å². The smallest absolute Gasteiger partial charge is 0.114 e. The number of hydrogen-bond donors (Lipinski definition) is 3. The average molecular weight is 443 g/mol. The van der Waals surface area contributed by atoms with Gasteiger partial charge < -0.3 is 24.8 Å². The van der Waals surface area contributed by atoms with Crippen molar-refractivity contribution in [2.24, 2.45) is 0 Å². The third-order valence-electron chi connectivity index (χ3n) is 6.22. The quantitative estimate of drug-likeness (QED) is 0.176.